The van der Waals surface area contributed by atoms with Gasteiger partial charge in [-0.25, -0.2) is 4.98 Å². The van der Waals surface area contributed by atoms with Gasteiger partial charge in [-0.1, -0.05) is 41.7 Å². The number of hydrogen-bond acceptors (Lipinski definition) is 4. The topological polar surface area (TPSA) is 42.1 Å². The molecule has 21 heavy (non-hydrogen) atoms. The number of benzene rings is 2. The molecular formula is C17H17N3S. The fourth-order valence-electron chi connectivity index (χ4n) is 3.10. The van der Waals surface area contributed by atoms with Crippen molar-refractivity contribution in [2.75, 3.05) is 18.0 Å². The third-order valence-electron chi connectivity index (χ3n) is 4.10. The van der Waals surface area contributed by atoms with E-state index in [2.05, 4.69) is 47.4 Å². The molecule has 1 unspecified atom stereocenters. The molecular weight excluding hydrogens is 278 g/mol. The maximum Gasteiger partial charge on any atom is 0.190 e. The van der Waals surface area contributed by atoms with E-state index in [-0.39, 0.29) is 0 Å². The van der Waals surface area contributed by atoms with Crippen molar-refractivity contribution in [2.24, 2.45) is 5.73 Å². The van der Waals surface area contributed by atoms with Gasteiger partial charge < -0.3 is 10.6 Å². The molecule has 0 spiro atoms. The number of para-hydroxylation sites is 2. The number of aromatic nitrogens is 1. The van der Waals surface area contributed by atoms with Gasteiger partial charge in [0.25, 0.3) is 0 Å². The predicted molar refractivity (Wildman–Crippen MR) is 89.5 cm³/mol. The minimum atomic E-state index is 0.512. The first-order valence-corrected chi connectivity index (χ1v) is 8.10. The van der Waals surface area contributed by atoms with Crippen LogP contribution >= 0.6 is 11.3 Å². The molecule has 0 fully saturated rings. The minimum Gasteiger partial charge on any atom is -0.330 e. The molecule has 0 bridgehead atoms. The van der Waals surface area contributed by atoms with Crippen LogP contribution in [0.5, 0.6) is 0 Å². The van der Waals surface area contributed by atoms with Crippen LogP contribution in [-0.2, 0) is 0 Å². The Hall–Kier alpha value is -1.91. The minimum absolute atomic E-state index is 0.512. The number of nitrogens with zero attached hydrogens (tertiary/aromatic N) is 2. The lowest BCUT2D eigenvalue weighted by molar-refractivity contribution is 0.668. The monoisotopic (exact) mass is 295 g/mol. The molecule has 0 aliphatic carbocycles. The molecule has 0 saturated heterocycles. The lowest BCUT2D eigenvalue weighted by Gasteiger charge is -2.16. The molecule has 106 valence electrons. The van der Waals surface area contributed by atoms with Crippen LogP contribution in [0.3, 0.4) is 0 Å². The van der Waals surface area contributed by atoms with E-state index in [0.717, 1.165) is 30.2 Å². The summed E-state index contributed by atoms with van der Waals surface area (Å²) >= 11 is 1.76. The Morgan fingerprint density at radius 3 is 2.81 bits per heavy atom. The average molecular weight is 295 g/mol. The number of thiazole rings is 1. The van der Waals surface area contributed by atoms with Crippen molar-refractivity contribution in [2.45, 2.75) is 12.3 Å². The zero-order valence-corrected chi connectivity index (χ0v) is 12.5. The van der Waals surface area contributed by atoms with Gasteiger partial charge in [0.15, 0.2) is 5.13 Å². The predicted octanol–water partition coefficient (Wildman–Crippen LogP) is 3.88. The molecule has 4 heteroatoms. The van der Waals surface area contributed by atoms with Crippen LogP contribution in [0.25, 0.3) is 10.2 Å². The van der Waals surface area contributed by atoms with Crippen LogP contribution in [0.2, 0.25) is 0 Å². The smallest absolute Gasteiger partial charge is 0.190 e. The van der Waals surface area contributed by atoms with E-state index in [9.17, 15) is 0 Å². The maximum absolute atomic E-state index is 5.78. The summed E-state index contributed by atoms with van der Waals surface area (Å²) in [5, 5.41) is 1.09. The number of rotatable bonds is 3. The van der Waals surface area contributed by atoms with Crippen molar-refractivity contribution in [3.05, 3.63) is 54.1 Å². The van der Waals surface area contributed by atoms with Crippen LogP contribution in [0.15, 0.2) is 48.5 Å². The van der Waals surface area contributed by atoms with E-state index < -0.39 is 0 Å². The van der Waals surface area contributed by atoms with Crippen LogP contribution < -0.4 is 10.6 Å². The van der Waals surface area contributed by atoms with Gasteiger partial charge >= 0.3 is 0 Å². The van der Waals surface area contributed by atoms with Crippen molar-refractivity contribution in [1.29, 1.82) is 0 Å². The lowest BCUT2D eigenvalue weighted by Crippen LogP contribution is -2.17. The van der Waals surface area contributed by atoms with Crippen LogP contribution in [-0.4, -0.2) is 18.1 Å². The second kappa shape index (κ2) is 5.13. The third-order valence-corrected chi connectivity index (χ3v) is 5.16. The van der Waals surface area contributed by atoms with Gasteiger partial charge in [0.2, 0.25) is 0 Å². The molecule has 1 aliphatic rings. The molecule has 2 heterocycles. The molecule has 0 amide bonds. The standard InChI is InChI=1S/C17H17N3S/c18-10-9-12-11-20(15-7-3-1-5-13(12)15)17-19-14-6-2-4-8-16(14)21-17/h1-8,12H,9-11,18H2. The SMILES string of the molecule is NCCC1CN(c2nc3ccccc3s2)c2ccccc21. The number of nitrogens with two attached hydrogens (primary N) is 1. The highest BCUT2D eigenvalue weighted by atomic mass is 32.1. The summed E-state index contributed by atoms with van der Waals surface area (Å²) in [6.07, 6.45) is 1.03. The third kappa shape index (κ3) is 2.11. The molecule has 2 aromatic carbocycles. The van der Waals surface area contributed by atoms with Gasteiger partial charge in [-0.05, 0) is 36.7 Å². The lowest BCUT2D eigenvalue weighted by atomic mass is 9.98. The molecule has 4 rings (SSSR count). The van der Waals surface area contributed by atoms with Gasteiger partial charge in [0.1, 0.15) is 0 Å². The van der Waals surface area contributed by atoms with Gasteiger partial charge in [-0.15, -0.1) is 0 Å². The molecule has 3 aromatic rings. The van der Waals surface area contributed by atoms with Crippen molar-refractivity contribution in [1.82, 2.24) is 4.98 Å². The van der Waals surface area contributed by atoms with Gasteiger partial charge in [-0.3, -0.25) is 0 Å². The summed E-state index contributed by atoms with van der Waals surface area (Å²) in [6, 6.07) is 17.0. The Balaban J connectivity index is 1.78. The summed E-state index contributed by atoms with van der Waals surface area (Å²) < 4.78 is 1.24. The molecule has 0 radical (unpaired) electrons. The first-order valence-electron chi connectivity index (χ1n) is 7.29. The van der Waals surface area contributed by atoms with Gasteiger partial charge in [0.05, 0.1) is 10.2 Å². The molecule has 0 saturated carbocycles. The van der Waals surface area contributed by atoms with Gasteiger partial charge in [-0.2, -0.15) is 0 Å². The largest absolute Gasteiger partial charge is 0.330 e. The van der Waals surface area contributed by atoms with E-state index >= 15 is 0 Å². The first kappa shape index (κ1) is 12.8. The number of fused-ring (bicyclic) bond motifs is 2. The Morgan fingerprint density at radius 1 is 1.14 bits per heavy atom. The highest BCUT2D eigenvalue weighted by Crippen LogP contribution is 2.44. The number of hydrogen-bond donors (Lipinski definition) is 1. The van der Waals surface area contributed by atoms with Crippen molar-refractivity contribution >= 4 is 32.4 Å². The Kier molecular flexibility index (Phi) is 3.13. The molecule has 1 atom stereocenters. The Labute approximate surface area is 128 Å². The normalized spacial score (nSPS) is 17.4. The quantitative estimate of drug-likeness (QED) is 0.797. The van der Waals surface area contributed by atoms with Crippen molar-refractivity contribution < 1.29 is 0 Å². The summed E-state index contributed by atoms with van der Waals surface area (Å²) in [4.78, 5) is 7.15. The molecule has 1 aliphatic heterocycles. The first-order chi connectivity index (χ1) is 10.4. The van der Waals surface area contributed by atoms with E-state index in [1.165, 1.54) is 16.0 Å². The van der Waals surface area contributed by atoms with E-state index in [1.54, 1.807) is 11.3 Å². The Morgan fingerprint density at radius 2 is 1.95 bits per heavy atom. The van der Waals surface area contributed by atoms with E-state index in [4.69, 9.17) is 10.7 Å². The highest BCUT2D eigenvalue weighted by Gasteiger charge is 2.30. The second-order valence-corrected chi connectivity index (χ2v) is 6.42. The van der Waals surface area contributed by atoms with Crippen molar-refractivity contribution in [3.63, 3.8) is 0 Å². The fraction of sp³-hybridized carbons (Fsp3) is 0.235. The zero-order valence-electron chi connectivity index (χ0n) is 11.7. The fourth-order valence-corrected chi connectivity index (χ4v) is 4.09. The maximum atomic E-state index is 5.78. The molecule has 2 N–H and O–H groups in total. The van der Waals surface area contributed by atoms with E-state index in [1.807, 2.05) is 6.07 Å². The molecule has 1 aromatic heterocycles. The highest BCUT2D eigenvalue weighted by molar-refractivity contribution is 7.22. The summed E-state index contributed by atoms with van der Waals surface area (Å²) in [6.45, 7) is 1.71. The van der Waals surface area contributed by atoms with Crippen LogP contribution in [0.4, 0.5) is 10.8 Å². The average Bonchev–Trinajstić information content (AvgIpc) is 3.09. The summed E-state index contributed by atoms with van der Waals surface area (Å²) in [5.41, 5.74) is 9.55. The van der Waals surface area contributed by atoms with E-state index in [0.29, 0.717) is 5.92 Å². The second-order valence-electron chi connectivity index (χ2n) is 5.41. The summed E-state index contributed by atoms with van der Waals surface area (Å²) in [5.74, 6) is 0.512. The Bertz CT molecular complexity index is 747. The molecule has 3 nitrogen and oxygen atoms in total. The van der Waals surface area contributed by atoms with Crippen LogP contribution in [0, 0.1) is 0 Å². The van der Waals surface area contributed by atoms with Crippen LogP contribution in [0.1, 0.15) is 17.9 Å². The zero-order chi connectivity index (χ0) is 14.2. The van der Waals surface area contributed by atoms with Gasteiger partial charge in [0, 0.05) is 18.2 Å². The number of anilines is 2. The summed E-state index contributed by atoms with van der Waals surface area (Å²) in [7, 11) is 0. The van der Waals surface area contributed by atoms with Crippen molar-refractivity contribution in [3.8, 4) is 0 Å².